The zero-order chi connectivity index (χ0) is 21.1. The average molecular weight is 411 g/mol. The number of aldehydes is 2. The lowest BCUT2D eigenvalue weighted by molar-refractivity contribution is -0.124. The van der Waals surface area contributed by atoms with Gasteiger partial charge in [-0.15, -0.1) is 0 Å². The van der Waals surface area contributed by atoms with Gasteiger partial charge in [0.2, 0.25) is 0 Å². The quantitative estimate of drug-likeness (QED) is 0.520. The Kier molecular flexibility index (Phi) is 6.51. The van der Waals surface area contributed by atoms with Crippen molar-refractivity contribution in [3.05, 3.63) is 60.7 Å². The molecule has 29 heavy (non-hydrogen) atoms. The van der Waals surface area contributed by atoms with Gasteiger partial charge in [-0.05, 0) is 21.3 Å². The molecule has 0 unspecified atom stereocenters. The Hall–Kier alpha value is -2.08. The van der Waals surface area contributed by atoms with E-state index < -0.39 is 20.5 Å². The fourth-order valence-electron chi connectivity index (χ4n) is 4.47. The summed E-state index contributed by atoms with van der Waals surface area (Å²) in [6, 6.07) is 20.8. The predicted molar refractivity (Wildman–Crippen MR) is 117 cm³/mol. The molecule has 0 N–H and O–H groups in total. The van der Waals surface area contributed by atoms with Gasteiger partial charge in [0.15, 0.2) is 0 Å². The highest BCUT2D eigenvalue weighted by molar-refractivity contribution is 6.99. The smallest absolute Gasteiger partial charge is 0.261 e. The molecule has 0 amide bonds. The minimum absolute atomic E-state index is 0.0686. The van der Waals surface area contributed by atoms with Crippen LogP contribution in [0.1, 0.15) is 27.7 Å². The molecule has 0 aromatic heterocycles. The summed E-state index contributed by atoms with van der Waals surface area (Å²) < 4.78 is 12.6. The number of ether oxygens (including phenoxy) is 1. The van der Waals surface area contributed by atoms with E-state index in [1.807, 2.05) is 43.3 Å². The van der Waals surface area contributed by atoms with Crippen LogP contribution in [0.25, 0.3) is 0 Å². The van der Waals surface area contributed by atoms with Crippen molar-refractivity contribution < 1.29 is 18.8 Å². The lowest BCUT2D eigenvalue weighted by Gasteiger charge is -2.44. The monoisotopic (exact) mass is 410 g/mol. The van der Waals surface area contributed by atoms with Gasteiger partial charge in [-0.3, -0.25) is 0 Å². The maximum Gasteiger partial charge on any atom is 0.261 e. The van der Waals surface area contributed by atoms with Crippen LogP contribution in [0.15, 0.2) is 60.7 Å². The first kappa shape index (κ1) is 21.6. The molecule has 0 aliphatic carbocycles. The number of carbonyl (C=O) groups excluding carboxylic acids is 2. The number of hydrogen-bond donors (Lipinski definition) is 0. The molecule has 5 heteroatoms. The Morgan fingerprint density at radius 3 is 1.79 bits per heavy atom. The van der Waals surface area contributed by atoms with E-state index in [-0.39, 0.29) is 16.9 Å². The van der Waals surface area contributed by atoms with Gasteiger partial charge in [0.1, 0.15) is 24.8 Å². The minimum atomic E-state index is -2.68. The molecule has 3 rings (SSSR count). The van der Waals surface area contributed by atoms with E-state index in [1.54, 1.807) is 0 Å². The van der Waals surface area contributed by atoms with Crippen LogP contribution in [-0.2, 0) is 18.8 Å². The van der Waals surface area contributed by atoms with Crippen LogP contribution in [0.4, 0.5) is 0 Å². The highest BCUT2D eigenvalue weighted by atomic mass is 28.4. The van der Waals surface area contributed by atoms with Gasteiger partial charge in [0, 0.05) is 12.5 Å². The second-order valence-electron chi connectivity index (χ2n) is 8.83. The molecule has 4 atom stereocenters. The van der Waals surface area contributed by atoms with Crippen LogP contribution in [0.3, 0.4) is 0 Å². The molecule has 0 radical (unpaired) electrons. The predicted octanol–water partition coefficient (Wildman–Crippen LogP) is 2.98. The molecule has 154 valence electrons. The van der Waals surface area contributed by atoms with Crippen molar-refractivity contribution in [2.75, 3.05) is 6.61 Å². The summed E-state index contributed by atoms with van der Waals surface area (Å²) in [7, 11) is -2.68. The van der Waals surface area contributed by atoms with Crippen molar-refractivity contribution >= 4 is 31.3 Å². The van der Waals surface area contributed by atoms with E-state index in [0.29, 0.717) is 6.61 Å². The number of rotatable bonds is 7. The minimum Gasteiger partial charge on any atom is -0.407 e. The lowest BCUT2D eigenvalue weighted by atomic mass is 9.90. The van der Waals surface area contributed by atoms with Gasteiger partial charge in [0.25, 0.3) is 8.32 Å². The van der Waals surface area contributed by atoms with Crippen LogP contribution < -0.4 is 10.4 Å². The molecule has 1 saturated heterocycles. The summed E-state index contributed by atoms with van der Waals surface area (Å²) in [4.78, 5) is 23.0. The zero-order valence-electron chi connectivity index (χ0n) is 17.6. The highest BCUT2D eigenvalue weighted by Gasteiger charge is 2.52. The Morgan fingerprint density at radius 1 is 0.897 bits per heavy atom. The van der Waals surface area contributed by atoms with Crippen LogP contribution in [0.5, 0.6) is 0 Å². The number of benzene rings is 2. The maximum atomic E-state index is 11.6. The Balaban J connectivity index is 2.04. The van der Waals surface area contributed by atoms with Crippen molar-refractivity contribution in [3.8, 4) is 0 Å². The standard InChI is InChI=1S/C24H30O4Si/c1-18-21(23(16-26)28-22(18)15-25)17-27-29(24(2,3)4,19-11-7-5-8-12-19)20-13-9-6-10-14-20/h5-16,18,21-23H,17H2,1-4H3/t18-,21+,22+,23-/m0/s1. The fourth-order valence-corrected chi connectivity index (χ4v) is 9.07. The summed E-state index contributed by atoms with van der Waals surface area (Å²) in [5.41, 5.74) is 0. The summed E-state index contributed by atoms with van der Waals surface area (Å²) in [5.74, 6) is -0.217. The van der Waals surface area contributed by atoms with Crippen molar-refractivity contribution in [1.82, 2.24) is 0 Å². The van der Waals surface area contributed by atoms with Crippen LogP contribution in [-0.4, -0.2) is 39.7 Å². The molecular formula is C24H30O4Si. The number of hydrogen-bond acceptors (Lipinski definition) is 4. The first-order chi connectivity index (χ1) is 13.8. The third kappa shape index (κ3) is 3.99. The summed E-state index contributed by atoms with van der Waals surface area (Å²) >= 11 is 0. The van der Waals surface area contributed by atoms with Gasteiger partial charge >= 0.3 is 0 Å². The molecule has 2 aromatic carbocycles. The Labute approximate surface area is 174 Å². The molecular weight excluding hydrogens is 380 g/mol. The average Bonchev–Trinajstić information content (AvgIpc) is 3.04. The Morgan fingerprint density at radius 2 is 1.38 bits per heavy atom. The fraction of sp³-hybridized carbons (Fsp3) is 0.417. The van der Waals surface area contributed by atoms with Crippen LogP contribution in [0.2, 0.25) is 5.04 Å². The zero-order valence-corrected chi connectivity index (χ0v) is 18.6. The first-order valence-electron chi connectivity index (χ1n) is 10.2. The molecule has 0 bridgehead atoms. The molecule has 4 nitrogen and oxygen atoms in total. The van der Waals surface area contributed by atoms with Crippen LogP contribution >= 0.6 is 0 Å². The van der Waals surface area contributed by atoms with Gasteiger partial charge in [-0.1, -0.05) is 88.4 Å². The Bertz CT molecular complexity index is 776. The second-order valence-corrected chi connectivity index (χ2v) is 13.1. The van der Waals surface area contributed by atoms with E-state index in [4.69, 9.17) is 9.16 Å². The van der Waals surface area contributed by atoms with Gasteiger partial charge in [0.05, 0.1) is 0 Å². The second kappa shape index (κ2) is 8.74. The van der Waals surface area contributed by atoms with E-state index in [9.17, 15) is 9.59 Å². The third-order valence-corrected chi connectivity index (χ3v) is 11.1. The molecule has 1 fully saturated rings. The highest BCUT2D eigenvalue weighted by Crippen LogP contribution is 2.39. The van der Waals surface area contributed by atoms with Gasteiger partial charge in [-0.25, -0.2) is 0 Å². The molecule has 2 aromatic rings. The van der Waals surface area contributed by atoms with Crippen molar-refractivity contribution in [2.24, 2.45) is 11.8 Å². The SMILES string of the molecule is C[C@H]1[C@@H](CO[Si](c2ccccc2)(c2ccccc2)C(C)(C)C)[C@H](C=O)O[C@@H]1C=O. The van der Waals surface area contributed by atoms with Crippen LogP contribution in [0, 0.1) is 11.8 Å². The molecule has 1 aliphatic rings. The summed E-state index contributed by atoms with van der Waals surface area (Å²) in [6.07, 6.45) is 0.431. The molecule has 0 saturated carbocycles. The molecule has 0 spiro atoms. The van der Waals surface area contributed by atoms with Gasteiger partial charge < -0.3 is 18.8 Å². The van der Waals surface area contributed by atoms with E-state index in [1.165, 1.54) is 10.4 Å². The summed E-state index contributed by atoms with van der Waals surface area (Å²) in [5, 5.41) is 2.25. The number of carbonyl (C=O) groups is 2. The van der Waals surface area contributed by atoms with Gasteiger partial charge in [-0.2, -0.15) is 0 Å². The summed E-state index contributed by atoms with van der Waals surface area (Å²) in [6.45, 7) is 9.00. The van der Waals surface area contributed by atoms with Crippen molar-refractivity contribution in [3.63, 3.8) is 0 Å². The maximum absolute atomic E-state index is 11.6. The molecule has 1 heterocycles. The topological polar surface area (TPSA) is 52.6 Å². The van der Waals surface area contributed by atoms with E-state index in [0.717, 1.165) is 12.6 Å². The van der Waals surface area contributed by atoms with E-state index >= 15 is 0 Å². The lowest BCUT2D eigenvalue weighted by Crippen LogP contribution is -2.67. The third-order valence-electron chi connectivity index (χ3n) is 6.11. The molecule has 1 aliphatic heterocycles. The van der Waals surface area contributed by atoms with Crippen molar-refractivity contribution in [2.45, 2.75) is 44.9 Å². The van der Waals surface area contributed by atoms with E-state index in [2.05, 4.69) is 45.0 Å². The first-order valence-corrected chi connectivity index (χ1v) is 12.1. The largest absolute Gasteiger partial charge is 0.407 e. The van der Waals surface area contributed by atoms with Crippen molar-refractivity contribution in [1.29, 1.82) is 0 Å². The normalized spacial score (nSPS) is 25.0.